The molecule has 1 saturated heterocycles. The minimum Gasteiger partial charge on any atom is -0.488 e. The number of carboxylic acid groups (broad SMARTS) is 1. The highest BCUT2D eigenvalue weighted by Gasteiger charge is 2.33. The predicted octanol–water partition coefficient (Wildman–Crippen LogP) is 6.39. The number of hydrogen-bond donors (Lipinski definition) is 1. The monoisotopic (exact) mass is 608 g/mol. The molecule has 1 aliphatic rings. The first kappa shape index (κ1) is 29.8. The van der Waals surface area contributed by atoms with Crippen LogP contribution in [0.5, 0.6) is 5.75 Å². The van der Waals surface area contributed by atoms with Gasteiger partial charge in [-0.2, -0.15) is 0 Å². The molecule has 0 bridgehead atoms. The molecule has 0 aliphatic carbocycles. The van der Waals surface area contributed by atoms with E-state index in [0.717, 1.165) is 33.4 Å². The Hall–Kier alpha value is -4.73. The van der Waals surface area contributed by atoms with Crippen LogP contribution in [0.3, 0.4) is 0 Å². The minimum absolute atomic E-state index is 0.176. The van der Waals surface area contributed by atoms with E-state index in [1.54, 1.807) is 29.2 Å². The van der Waals surface area contributed by atoms with Gasteiger partial charge in [0.15, 0.2) is 0 Å². The number of aliphatic carboxylic acids is 1. The Labute approximate surface area is 259 Å². The van der Waals surface area contributed by atoms with Gasteiger partial charge in [-0.15, -0.1) is 0 Å². The van der Waals surface area contributed by atoms with Crippen molar-refractivity contribution in [2.75, 3.05) is 6.54 Å². The van der Waals surface area contributed by atoms with E-state index in [4.69, 9.17) is 17.0 Å². The van der Waals surface area contributed by atoms with Gasteiger partial charge in [0, 0.05) is 13.1 Å². The van der Waals surface area contributed by atoms with Crippen molar-refractivity contribution in [3.63, 3.8) is 0 Å². The molecule has 1 heterocycles. The second-order valence-electron chi connectivity index (χ2n) is 9.82. The summed E-state index contributed by atoms with van der Waals surface area (Å²) < 4.78 is 6.36. The van der Waals surface area contributed by atoms with Crippen LogP contribution in [0.25, 0.3) is 6.08 Å². The lowest BCUT2D eigenvalue weighted by Crippen LogP contribution is -2.33. The number of nitrogens with zero attached hydrogens (tertiary/aromatic N) is 2. The molecular formula is C34H28N2O5S2. The first-order valence-electron chi connectivity index (χ1n) is 13.5. The van der Waals surface area contributed by atoms with Crippen LogP contribution >= 0.6 is 24.0 Å². The molecule has 0 spiro atoms. The van der Waals surface area contributed by atoms with Crippen molar-refractivity contribution in [1.29, 1.82) is 0 Å². The zero-order valence-electron chi connectivity index (χ0n) is 23.1. The van der Waals surface area contributed by atoms with Gasteiger partial charge in [0.2, 0.25) is 0 Å². The van der Waals surface area contributed by atoms with Gasteiger partial charge in [0.05, 0.1) is 10.5 Å². The Morgan fingerprint density at radius 2 is 1.40 bits per heavy atom. The number of amides is 2. The lowest BCUT2D eigenvalue weighted by atomic mass is 10.1. The smallest absolute Gasteiger partial charge is 0.323 e. The maximum atomic E-state index is 14.3. The van der Waals surface area contributed by atoms with E-state index in [0.29, 0.717) is 30.0 Å². The lowest BCUT2D eigenvalue weighted by molar-refractivity contribution is -0.140. The first-order valence-corrected chi connectivity index (χ1v) is 14.7. The Morgan fingerprint density at radius 3 is 1.95 bits per heavy atom. The van der Waals surface area contributed by atoms with E-state index in [1.807, 2.05) is 91.0 Å². The molecule has 0 atom stereocenters. The number of hydrogen-bond acceptors (Lipinski definition) is 6. The average molecular weight is 609 g/mol. The molecule has 0 unspecified atom stereocenters. The SMILES string of the molecule is O=C(O)CN1C(=O)/C(=C/c2ccc(OCc3ccccc3)c(C(=O)N(Cc3ccccc3)Cc3ccccc3)c2)SC1=S. The van der Waals surface area contributed by atoms with E-state index in [9.17, 15) is 19.5 Å². The van der Waals surface area contributed by atoms with Crippen molar-refractivity contribution in [2.24, 2.45) is 0 Å². The van der Waals surface area contributed by atoms with Crippen molar-refractivity contribution in [3.8, 4) is 5.75 Å². The molecule has 5 rings (SSSR count). The number of carboxylic acids is 1. The Kier molecular flexibility index (Phi) is 9.66. The predicted molar refractivity (Wildman–Crippen MR) is 171 cm³/mol. The highest BCUT2D eigenvalue weighted by atomic mass is 32.2. The summed E-state index contributed by atoms with van der Waals surface area (Å²) in [4.78, 5) is 41.6. The van der Waals surface area contributed by atoms with Crippen LogP contribution in [0.1, 0.15) is 32.6 Å². The van der Waals surface area contributed by atoms with Gasteiger partial charge in [-0.3, -0.25) is 19.3 Å². The van der Waals surface area contributed by atoms with Gasteiger partial charge in [-0.25, -0.2) is 0 Å². The van der Waals surface area contributed by atoms with Crippen molar-refractivity contribution in [1.82, 2.24) is 9.80 Å². The van der Waals surface area contributed by atoms with Crippen LogP contribution in [-0.4, -0.2) is 43.6 Å². The molecule has 4 aromatic rings. The summed E-state index contributed by atoms with van der Waals surface area (Å²) in [6.45, 7) is 0.521. The number of benzene rings is 4. The van der Waals surface area contributed by atoms with E-state index < -0.39 is 18.4 Å². The molecule has 43 heavy (non-hydrogen) atoms. The number of thiocarbonyl (C=S) groups is 1. The Balaban J connectivity index is 1.50. The van der Waals surface area contributed by atoms with Gasteiger partial charge < -0.3 is 14.7 Å². The number of rotatable bonds is 11. The fourth-order valence-electron chi connectivity index (χ4n) is 4.57. The summed E-state index contributed by atoms with van der Waals surface area (Å²) in [5, 5.41) is 9.17. The quantitative estimate of drug-likeness (QED) is 0.156. The number of thioether (sulfide) groups is 1. The number of ether oxygens (including phenoxy) is 1. The summed E-state index contributed by atoms with van der Waals surface area (Å²) in [5.41, 5.74) is 3.86. The third-order valence-electron chi connectivity index (χ3n) is 6.66. The van der Waals surface area contributed by atoms with E-state index in [1.165, 1.54) is 0 Å². The Morgan fingerprint density at radius 1 is 0.837 bits per heavy atom. The summed E-state index contributed by atoms with van der Waals surface area (Å²) in [6.07, 6.45) is 1.62. The maximum absolute atomic E-state index is 14.3. The number of carbonyl (C=O) groups excluding carboxylic acids is 2. The maximum Gasteiger partial charge on any atom is 0.323 e. The second kappa shape index (κ2) is 14.0. The third-order valence-corrected chi connectivity index (χ3v) is 8.03. The summed E-state index contributed by atoms with van der Waals surface area (Å²) in [6, 6.07) is 34.4. The van der Waals surface area contributed by atoms with Crippen molar-refractivity contribution in [2.45, 2.75) is 19.7 Å². The summed E-state index contributed by atoms with van der Waals surface area (Å²) in [5.74, 6) is -1.45. The molecular weight excluding hydrogens is 581 g/mol. The topological polar surface area (TPSA) is 87.1 Å². The molecule has 0 saturated carbocycles. The minimum atomic E-state index is -1.15. The molecule has 7 nitrogen and oxygen atoms in total. The van der Waals surface area contributed by atoms with Crippen molar-refractivity contribution < 1.29 is 24.2 Å². The summed E-state index contributed by atoms with van der Waals surface area (Å²) >= 11 is 6.27. The van der Waals surface area contributed by atoms with Crippen LogP contribution in [0.15, 0.2) is 114 Å². The van der Waals surface area contributed by atoms with Gasteiger partial charge in [-0.1, -0.05) is 121 Å². The van der Waals surface area contributed by atoms with Crippen molar-refractivity contribution >= 4 is 52.2 Å². The average Bonchev–Trinajstić information content (AvgIpc) is 3.28. The zero-order chi connectivity index (χ0) is 30.2. The molecule has 9 heteroatoms. The molecule has 0 radical (unpaired) electrons. The lowest BCUT2D eigenvalue weighted by Gasteiger charge is -2.25. The van der Waals surface area contributed by atoms with Crippen LogP contribution in [0, 0.1) is 0 Å². The van der Waals surface area contributed by atoms with Crippen LogP contribution in [0.4, 0.5) is 0 Å². The van der Waals surface area contributed by atoms with Crippen molar-refractivity contribution in [3.05, 3.63) is 142 Å². The zero-order valence-corrected chi connectivity index (χ0v) is 24.7. The van der Waals surface area contributed by atoms with E-state index in [2.05, 4.69) is 0 Å². The first-order chi connectivity index (χ1) is 20.9. The molecule has 216 valence electrons. The third kappa shape index (κ3) is 7.77. The highest BCUT2D eigenvalue weighted by molar-refractivity contribution is 8.26. The number of carbonyl (C=O) groups is 3. The second-order valence-corrected chi connectivity index (χ2v) is 11.5. The molecule has 1 N–H and O–H groups in total. The molecule has 4 aromatic carbocycles. The van der Waals surface area contributed by atoms with Crippen LogP contribution in [0.2, 0.25) is 0 Å². The van der Waals surface area contributed by atoms with Gasteiger partial charge in [0.25, 0.3) is 11.8 Å². The largest absolute Gasteiger partial charge is 0.488 e. The van der Waals surface area contributed by atoms with E-state index >= 15 is 0 Å². The van der Waals surface area contributed by atoms with Gasteiger partial charge >= 0.3 is 5.97 Å². The van der Waals surface area contributed by atoms with Crippen LogP contribution in [-0.2, 0) is 29.3 Å². The van der Waals surface area contributed by atoms with Gasteiger partial charge in [-0.05, 0) is 40.5 Å². The van der Waals surface area contributed by atoms with E-state index in [-0.39, 0.29) is 21.7 Å². The highest BCUT2D eigenvalue weighted by Crippen LogP contribution is 2.33. The molecule has 2 amide bonds. The molecule has 1 fully saturated rings. The van der Waals surface area contributed by atoms with Crippen LogP contribution < -0.4 is 4.74 Å². The Bertz CT molecular complexity index is 1620. The fourth-order valence-corrected chi connectivity index (χ4v) is 5.82. The fraction of sp³-hybridized carbons (Fsp3) is 0.118. The summed E-state index contributed by atoms with van der Waals surface area (Å²) in [7, 11) is 0. The normalized spacial score (nSPS) is 13.8. The standard InChI is InChI=1S/C34H28N2O5S2/c37-31(38)22-36-33(40)30(43-34(36)42)19-27-16-17-29(41-23-26-14-8-3-9-15-26)28(18-27)32(39)35(20-24-10-4-1-5-11-24)21-25-12-6-2-7-13-25/h1-19H,20-23H2,(H,37,38)/b30-19-. The molecule has 0 aromatic heterocycles. The molecule has 1 aliphatic heterocycles. The van der Waals surface area contributed by atoms with Gasteiger partial charge in [0.1, 0.15) is 23.2 Å².